The first-order chi connectivity index (χ1) is 16.5. The minimum Gasteiger partial charge on any atom is -0.497 e. The fourth-order valence-corrected chi connectivity index (χ4v) is 4.46. The van der Waals surface area contributed by atoms with Crippen LogP contribution in [-0.4, -0.2) is 69.0 Å². The maximum atomic E-state index is 12.9. The van der Waals surface area contributed by atoms with Crippen LogP contribution in [0.4, 0.5) is 16.2 Å². The molecule has 10 heteroatoms. The van der Waals surface area contributed by atoms with E-state index in [4.69, 9.17) is 14.2 Å². The van der Waals surface area contributed by atoms with Crippen LogP contribution in [0, 0.1) is 0 Å². The average molecular weight is 484 g/mol. The highest BCUT2D eigenvalue weighted by Gasteiger charge is 2.36. The van der Waals surface area contributed by atoms with Crippen LogP contribution < -0.4 is 19.7 Å². The predicted octanol–water partition coefficient (Wildman–Crippen LogP) is 3.22. The zero-order valence-corrected chi connectivity index (χ0v) is 19.7. The van der Waals surface area contributed by atoms with E-state index in [0.717, 1.165) is 35.4 Å². The quantitative estimate of drug-likeness (QED) is 0.600. The molecule has 0 aromatic heterocycles. The number of anilines is 2. The standard InChI is InChI=1S/C24H25N3O6S/c1-31-19-7-4-17(5-8-19)25-22(28)15-27-23(29)21(34-24(27)30)13-16-3-6-18(14-20(16)32-2)26-9-11-33-12-10-26/h3-8,13-14H,9-12,15H2,1-2H3,(H,25,28). The molecule has 0 atom stereocenters. The van der Waals surface area contributed by atoms with E-state index in [2.05, 4.69) is 10.2 Å². The van der Waals surface area contributed by atoms with Crippen molar-refractivity contribution in [3.05, 3.63) is 52.9 Å². The molecule has 2 heterocycles. The van der Waals surface area contributed by atoms with Crippen LogP contribution in [0.15, 0.2) is 47.4 Å². The first-order valence-electron chi connectivity index (χ1n) is 10.7. The first-order valence-corrected chi connectivity index (χ1v) is 11.5. The van der Waals surface area contributed by atoms with Gasteiger partial charge in [-0.3, -0.25) is 19.3 Å². The summed E-state index contributed by atoms with van der Waals surface area (Å²) >= 11 is 0.801. The highest BCUT2D eigenvalue weighted by molar-refractivity contribution is 8.18. The fraction of sp³-hybridized carbons (Fsp3) is 0.292. The number of carbonyl (C=O) groups is 3. The number of ether oxygens (including phenoxy) is 3. The molecule has 0 saturated carbocycles. The number of morpholine rings is 1. The zero-order chi connectivity index (χ0) is 24.1. The third-order valence-electron chi connectivity index (χ3n) is 5.43. The van der Waals surface area contributed by atoms with Crippen molar-refractivity contribution in [1.82, 2.24) is 4.90 Å². The zero-order valence-electron chi connectivity index (χ0n) is 18.9. The van der Waals surface area contributed by atoms with Crippen molar-refractivity contribution in [3.63, 3.8) is 0 Å². The fourth-order valence-electron chi connectivity index (χ4n) is 3.63. The summed E-state index contributed by atoms with van der Waals surface area (Å²) in [7, 11) is 3.11. The Morgan fingerprint density at radius 3 is 2.50 bits per heavy atom. The van der Waals surface area contributed by atoms with Gasteiger partial charge in [0.05, 0.1) is 32.3 Å². The first kappa shape index (κ1) is 23.7. The molecule has 2 aromatic carbocycles. The monoisotopic (exact) mass is 483 g/mol. The van der Waals surface area contributed by atoms with E-state index in [1.54, 1.807) is 44.6 Å². The Morgan fingerprint density at radius 1 is 1.09 bits per heavy atom. The van der Waals surface area contributed by atoms with Gasteiger partial charge in [0.1, 0.15) is 18.0 Å². The van der Waals surface area contributed by atoms with Crippen LogP contribution in [0.3, 0.4) is 0 Å². The molecule has 2 aliphatic heterocycles. The van der Waals surface area contributed by atoms with Gasteiger partial charge >= 0.3 is 0 Å². The minimum atomic E-state index is -0.515. The number of thioether (sulfide) groups is 1. The number of imide groups is 1. The number of methoxy groups -OCH3 is 2. The van der Waals surface area contributed by atoms with Gasteiger partial charge in [0.25, 0.3) is 11.1 Å². The molecule has 9 nitrogen and oxygen atoms in total. The van der Waals surface area contributed by atoms with Gasteiger partial charge in [-0.1, -0.05) is 0 Å². The summed E-state index contributed by atoms with van der Waals surface area (Å²) in [6, 6.07) is 12.5. The van der Waals surface area contributed by atoms with Gasteiger partial charge in [0.15, 0.2) is 0 Å². The molecule has 2 saturated heterocycles. The van der Waals surface area contributed by atoms with Crippen molar-refractivity contribution in [2.45, 2.75) is 0 Å². The van der Waals surface area contributed by atoms with E-state index in [1.807, 2.05) is 18.2 Å². The Morgan fingerprint density at radius 2 is 1.82 bits per heavy atom. The lowest BCUT2D eigenvalue weighted by molar-refractivity contribution is -0.127. The SMILES string of the molecule is COc1ccc(NC(=O)CN2C(=O)SC(=Cc3ccc(N4CCOCC4)cc3OC)C2=O)cc1. The Bertz CT molecular complexity index is 1110. The molecule has 34 heavy (non-hydrogen) atoms. The average Bonchev–Trinajstić information content (AvgIpc) is 3.12. The summed E-state index contributed by atoms with van der Waals surface area (Å²) in [6.07, 6.45) is 1.62. The second kappa shape index (κ2) is 10.6. The lowest BCUT2D eigenvalue weighted by Gasteiger charge is -2.29. The van der Waals surface area contributed by atoms with Crippen molar-refractivity contribution in [2.75, 3.05) is 57.3 Å². The van der Waals surface area contributed by atoms with Gasteiger partial charge in [0.2, 0.25) is 5.91 Å². The Kier molecular flexibility index (Phi) is 7.39. The van der Waals surface area contributed by atoms with Gasteiger partial charge in [-0.15, -0.1) is 0 Å². The highest BCUT2D eigenvalue weighted by Crippen LogP contribution is 2.35. The van der Waals surface area contributed by atoms with Gasteiger partial charge < -0.3 is 24.4 Å². The van der Waals surface area contributed by atoms with Crippen LogP contribution >= 0.6 is 11.8 Å². The number of nitrogens with zero attached hydrogens (tertiary/aromatic N) is 2. The number of nitrogens with one attached hydrogen (secondary N) is 1. The van der Waals surface area contributed by atoms with E-state index in [9.17, 15) is 14.4 Å². The second-order valence-corrected chi connectivity index (χ2v) is 8.56. The van der Waals surface area contributed by atoms with Crippen molar-refractivity contribution in [2.24, 2.45) is 0 Å². The van der Waals surface area contributed by atoms with Crippen molar-refractivity contribution in [3.8, 4) is 11.5 Å². The van der Waals surface area contributed by atoms with Crippen LogP contribution in [0.25, 0.3) is 6.08 Å². The van der Waals surface area contributed by atoms with Gasteiger partial charge in [0, 0.05) is 36.1 Å². The van der Waals surface area contributed by atoms with E-state index in [-0.39, 0.29) is 11.4 Å². The molecule has 0 aliphatic carbocycles. The van der Waals surface area contributed by atoms with Crippen LogP contribution in [-0.2, 0) is 14.3 Å². The van der Waals surface area contributed by atoms with E-state index < -0.39 is 17.1 Å². The molecule has 0 bridgehead atoms. The summed E-state index contributed by atoms with van der Waals surface area (Å²) < 4.78 is 16.0. The second-order valence-electron chi connectivity index (χ2n) is 7.57. The van der Waals surface area contributed by atoms with Gasteiger partial charge in [-0.05, 0) is 54.2 Å². The normalized spacial score (nSPS) is 17.3. The van der Waals surface area contributed by atoms with E-state index >= 15 is 0 Å². The topological polar surface area (TPSA) is 97.4 Å². The summed E-state index contributed by atoms with van der Waals surface area (Å²) in [6.45, 7) is 2.55. The lowest BCUT2D eigenvalue weighted by atomic mass is 10.1. The number of amides is 3. The third kappa shape index (κ3) is 5.35. The molecule has 4 rings (SSSR count). The molecule has 178 valence electrons. The van der Waals surface area contributed by atoms with Crippen molar-refractivity contribution in [1.29, 1.82) is 0 Å². The smallest absolute Gasteiger partial charge is 0.294 e. The minimum absolute atomic E-state index is 0.236. The Hall–Kier alpha value is -3.50. The maximum Gasteiger partial charge on any atom is 0.294 e. The van der Waals surface area contributed by atoms with Crippen molar-refractivity contribution >= 4 is 46.3 Å². The molecule has 0 spiro atoms. The van der Waals surface area contributed by atoms with Gasteiger partial charge in [-0.2, -0.15) is 0 Å². The molecule has 0 unspecified atom stereocenters. The Labute approximate surface area is 201 Å². The highest BCUT2D eigenvalue weighted by atomic mass is 32.2. The van der Waals surface area contributed by atoms with Crippen LogP contribution in [0.2, 0.25) is 0 Å². The molecule has 2 fully saturated rings. The number of hydrogen-bond acceptors (Lipinski definition) is 8. The van der Waals surface area contributed by atoms with Gasteiger partial charge in [-0.25, -0.2) is 0 Å². The summed E-state index contributed by atoms with van der Waals surface area (Å²) in [5, 5.41) is 2.18. The number of hydrogen-bond donors (Lipinski definition) is 1. The molecule has 3 amide bonds. The van der Waals surface area contributed by atoms with Crippen LogP contribution in [0.1, 0.15) is 5.56 Å². The maximum absolute atomic E-state index is 12.9. The van der Waals surface area contributed by atoms with Crippen molar-refractivity contribution < 1.29 is 28.6 Å². The lowest BCUT2D eigenvalue weighted by Crippen LogP contribution is -2.36. The molecule has 2 aliphatic rings. The summed E-state index contributed by atoms with van der Waals surface area (Å²) in [5.74, 6) is 0.260. The number of benzene rings is 2. The predicted molar refractivity (Wildman–Crippen MR) is 130 cm³/mol. The number of carbonyl (C=O) groups excluding carboxylic acids is 3. The Balaban J connectivity index is 1.45. The van der Waals surface area contributed by atoms with E-state index in [1.165, 1.54) is 0 Å². The molecule has 2 aromatic rings. The third-order valence-corrected chi connectivity index (χ3v) is 6.34. The van der Waals surface area contributed by atoms with E-state index in [0.29, 0.717) is 36.0 Å². The summed E-state index contributed by atoms with van der Waals surface area (Å²) in [4.78, 5) is 41.1. The molecular weight excluding hydrogens is 458 g/mol. The molecule has 1 N–H and O–H groups in total. The molecule has 0 radical (unpaired) electrons. The number of rotatable bonds is 7. The van der Waals surface area contributed by atoms with Crippen LogP contribution in [0.5, 0.6) is 11.5 Å². The molecular formula is C24H25N3O6S. The largest absolute Gasteiger partial charge is 0.497 e. The summed E-state index contributed by atoms with van der Waals surface area (Å²) in [5.41, 5.74) is 2.21.